The molecule has 1 rings (SSSR count). The third-order valence-corrected chi connectivity index (χ3v) is 2.87. The summed E-state index contributed by atoms with van der Waals surface area (Å²) in [5.74, 6) is 0. The molecule has 0 radical (unpaired) electrons. The molecule has 3 heteroatoms. The third-order valence-electron chi connectivity index (χ3n) is 1.44. The largest absolute Gasteiger partial charge is 0.364 e. The van der Waals surface area contributed by atoms with Crippen molar-refractivity contribution in [2.24, 2.45) is 0 Å². The Morgan fingerprint density at radius 3 is 2.55 bits per heavy atom. The molecule has 0 aliphatic rings. The average molecular weight is 279 g/mol. The molecule has 0 atom stereocenters. The highest BCUT2D eigenvalue weighted by molar-refractivity contribution is 9.10. The van der Waals surface area contributed by atoms with Crippen LogP contribution in [0.2, 0.25) is 0 Å². The number of alkyl halides is 1. The van der Waals surface area contributed by atoms with E-state index in [1.54, 1.807) is 0 Å². The SMILES string of the molecule is CN(CBr)c1ccccc1Br. The van der Waals surface area contributed by atoms with Gasteiger partial charge in [-0.1, -0.05) is 28.1 Å². The number of anilines is 1. The maximum absolute atomic E-state index is 3.48. The van der Waals surface area contributed by atoms with E-state index in [9.17, 15) is 0 Å². The highest BCUT2D eigenvalue weighted by Crippen LogP contribution is 2.24. The molecule has 1 nitrogen and oxygen atoms in total. The van der Waals surface area contributed by atoms with Gasteiger partial charge in [-0.25, -0.2) is 0 Å². The van der Waals surface area contributed by atoms with Gasteiger partial charge in [0, 0.05) is 11.5 Å². The summed E-state index contributed by atoms with van der Waals surface area (Å²) in [5.41, 5.74) is 2.04. The second kappa shape index (κ2) is 4.12. The van der Waals surface area contributed by atoms with E-state index in [0.717, 1.165) is 9.93 Å². The standard InChI is InChI=1S/C8H9Br2N/c1-11(6-9)8-5-3-2-4-7(8)10/h2-5H,6H2,1H3. The monoisotopic (exact) mass is 277 g/mol. The van der Waals surface area contributed by atoms with Crippen LogP contribution in [0.25, 0.3) is 0 Å². The van der Waals surface area contributed by atoms with E-state index in [1.165, 1.54) is 5.69 Å². The molecule has 0 aliphatic heterocycles. The maximum Gasteiger partial charge on any atom is 0.0733 e. The Bertz CT molecular complexity index is 237. The molecule has 0 spiro atoms. The first-order valence-electron chi connectivity index (χ1n) is 3.27. The van der Waals surface area contributed by atoms with Crippen LogP contribution in [0.3, 0.4) is 0 Å². The van der Waals surface area contributed by atoms with Gasteiger partial charge >= 0.3 is 0 Å². The third kappa shape index (κ3) is 2.20. The van der Waals surface area contributed by atoms with Crippen LogP contribution < -0.4 is 4.90 Å². The minimum Gasteiger partial charge on any atom is -0.364 e. The van der Waals surface area contributed by atoms with Gasteiger partial charge in [0.1, 0.15) is 0 Å². The molecule has 0 unspecified atom stereocenters. The fourth-order valence-electron chi connectivity index (χ4n) is 0.826. The van der Waals surface area contributed by atoms with Gasteiger partial charge in [0.05, 0.1) is 11.1 Å². The highest BCUT2D eigenvalue weighted by Gasteiger charge is 2.01. The van der Waals surface area contributed by atoms with Gasteiger partial charge in [0.25, 0.3) is 0 Å². The number of halogens is 2. The smallest absolute Gasteiger partial charge is 0.0733 e. The number of para-hydroxylation sites is 1. The average Bonchev–Trinajstić information content (AvgIpc) is 2.04. The number of benzene rings is 1. The summed E-state index contributed by atoms with van der Waals surface area (Å²) in [7, 11) is 2.04. The van der Waals surface area contributed by atoms with Crippen molar-refractivity contribution < 1.29 is 0 Å². The van der Waals surface area contributed by atoms with Crippen LogP contribution in [0.1, 0.15) is 0 Å². The van der Waals surface area contributed by atoms with E-state index in [-0.39, 0.29) is 0 Å². The van der Waals surface area contributed by atoms with Crippen LogP contribution in [0.4, 0.5) is 5.69 Å². The van der Waals surface area contributed by atoms with Crippen LogP contribution in [-0.2, 0) is 0 Å². The molecular formula is C8H9Br2N. The summed E-state index contributed by atoms with van der Waals surface area (Å²) in [5, 5.41) is 0. The lowest BCUT2D eigenvalue weighted by molar-refractivity contribution is 1.10. The zero-order valence-corrected chi connectivity index (χ0v) is 9.39. The van der Waals surface area contributed by atoms with Gasteiger partial charge in [0.15, 0.2) is 0 Å². The lowest BCUT2D eigenvalue weighted by atomic mass is 10.3. The van der Waals surface area contributed by atoms with Crippen molar-refractivity contribution in [3.63, 3.8) is 0 Å². The van der Waals surface area contributed by atoms with Crippen LogP contribution in [0.15, 0.2) is 28.7 Å². The Balaban J connectivity index is 2.93. The first kappa shape index (κ1) is 9.07. The zero-order valence-electron chi connectivity index (χ0n) is 6.22. The minimum absolute atomic E-state index is 0.843. The van der Waals surface area contributed by atoms with E-state index < -0.39 is 0 Å². The Labute approximate surface area is 83.7 Å². The predicted molar refractivity (Wildman–Crippen MR) is 56.3 cm³/mol. The Morgan fingerprint density at radius 2 is 2.00 bits per heavy atom. The molecule has 0 saturated carbocycles. The van der Waals surface area contributed by atoms with Gasteiger partial charge < -0.3 is 4.90 Å². The molecule has 1 aromatic carbocycles. The fourth-order valence-corrected chi connectivity index (χ4v) is 1.68. The number of nitrogens with zero attached hydrogens (tertiary/aromatic N) is 1. The molecule has 0 heterocycles. The topological polar surface area (TPSA) is 3.24 Å². The van der Waals surface area contributed by atoms with Crippen molar-refractivity contribution in [3.8, 4) is 0 Å². The van der Waals surface area contributed by atoms with Crippen LogP contribution in [-0.4, -0.2) is 12.5 Å². The zero-order chi connectivity index (χ0) is 8.27. The second-order valence-electron chi connectivity index (χ2n) is 2.27. The molecule has 0 bridgehead atoms. The van der Waals surface area contributed by atoms with Gasteiger partial charge in [-0.3, -0.25) is 0 Å². The summed E-state index contributed by atoms with van der Waals surface area (Å²) in [6.07, 6.45) is 0. The summed E-state index contributed by atoms with van der Waals surface area (Å²) >= 11 is 6.87. The van der Waals surface area contributed by atoms with Gasteiger partial charge in [-0.15, -0.1) is 0 Å². The molecule has 0 N–H and O–H groups in total. The van der Waals surface area contributed by atoms with Crippen molar-refractivity contribution in [2.45, 2.75) is 0 Å². The number of hydrogen-bond acceptors (Lipinski definition) is 1. The molecular weight excluding hydrogens is 270 g/mol. The van der Waals surface area contributed by atoms with Crippen molar-refractivity contribution in [3.05, 3.63) is 28.7 Å². The van der Waals surface area contributed by atoms with Crippen LogP contribution >= 0.6 is 31.9 Å². The molecule has 0 amide bonds. The molecule has 11 heavy (non-hydrogen) atoms. The van der Waals surface area contributed by atoms with Gasteiger partial charge in [0.2, 0.25) is 0 Å². The van der Waals surface area contributed by atoms with E-state index in [4.69, 9.17) is 0 Å². The van der Waals surface area contributed by atoms with Crippen molar-refractivity contribution in [2.75, 3.05) is 17.4 Å². The fraction of sp³-hybridized carbons (Fsp3) is 0.250. The molecule has 60 valence electrons. The van der Waals surface area contributed by atoms with Crippen molar-refractivity contribution >= 4 is 37.5 Å². The van der Waals surface area contributed by atoms with Crippen molar-refractivity contribution in [1.29, 1.82) is 0 Å². The quantitative estimate of drug-likeness (QED) is 0.593. The van der Waals surface area contributed by atoms with E-state index in [1.807, 2.05) is 25.2 Å². The van der Waals surface area contributed by atoms with Crippen LogP contribution in [0, 0.1) is 0 Å². The Kier molecular flexibility index (Phi) is 3.40. The molecule has 0 fully saturated rings. The highest BCUT2D eigenvalue weighted by atomic mass is 79.9. The summed E-state index contributed by atoms with van der Waals surface area (Å²) < 4.78 is 1.13. The lowest BCUT2D eigenvalue weighted by Crippen LogP contribution is -2.13. The molecule has 1 aromatic rings. The molecule has 0 aromatic heterocycles. The predicted octanol–water partition coefficient (Wildman–Crippen LogP) is 3.24. The van der Waals surface area contributed by atoms with E-state index in [0.29, 0.717) is 0 Å². The van der Waals surface area contributed by atoms with Gasteiger partial charge in [-0.2, -0.15) is 0 Å². The first-order valence-corrected chi connectivity index (χ1v) is 5.19. The van der Waals surface area contributed by atoms with Crippen molar-refractivity contribution in [1.82, 2.24) is 0 Å². The number of rotatable bonds is 2. The first-order chi connectivity index (χ1) is 5.25. The molecule has 0 aliphatic carbocycles. The normalized spacial score (nSPS) is 9.73. The summed E-state index contributed by atoms with van der Waals surface area (Å²) in [6.45, 7) is 0. The Hall–Kier alpha value is -0.0200. The summed E-state index contributed by atoms with van der Waals surface area (Å²) in [6, 6.07) is 8.15. The second-order valence-corrected chi connectivity index (χ2v) is 3.62. The van der Waals surface area contributed by atoms with E-state index >= 15 is 0 Å². The number of hydrogen-bond donors (Lipinski definition) is 0. The minimum atomic E-state index is 0.843. The maximum atomic E-state index is 3.48. The summed E-state index contributed by atoms with van der Waals surface area (Å²) in [4.78, 5) is 2.12. The van der Waals surface area contributed by atoms with Crippen LogP contribution in [0.5, 0.6) is 0 Å². The molecule has 0 saturated heterocycles. The lowest BCUT2D eigenvalue weighted by Gasteiger charge is -2.16. The van der Waals surface area contributed by atoms with Gasteiger partial charge in [-0.05, 0) is 28.1 Å². The van der Waals surface area contributed by atoms with E-state index in [2.05, 4.69) is 42.8 Å². The Morgan fingerprint density at radius 1 is 1.36 bits per heavy atom.